The summed E-state index contributed by atoms with van der Waals surface area (Å²) in [7, 11) is 0. The van der Waals surface area contributed by atoms with Crippen molar-refractivity contribution in [1.82, 2.24) is 14.9 Å². The van der Waals surface area contributed by atoms with Gasteiger partial charge in [-0.1, -0.05) is 65.2 Å². The van der Waals surface area contributed by atoms with Gasteiger partial charge in [0, 0.05) is 12.0 Å². The SMILES string of the molecule is NC(=O)C(=O)[C@H](Cc1ccccc1)NC(=O)c1snnc1-c1ccccc1. The lowest BCUT2D eigenvalue weighted by Gasteiger charge is -2.16. The molecular weight excluding hydrogens is 364 g/mol. The van der Waals surface area contributed by atoms with Crippen molar-refractivity contribution in [1.29, 1.82) is 0 Å². The minimum absolute atomic E-state index is 0.154. The molecule has 8 heteroatoms. The van der Waals surface area contributed by atoms with Gasteiger partial charge in [0.15, 0.2) is 0 Å². The van der Waals surface area contributed by atoms with Gasteiger partial charge in [-0.05, 0) is 17.1 Å². The summed E-state index contributed by atoms with van der Waals surface area (Å²) < 4.78 is 3.85. The largest absolute Gasteiger partial charge is 0.363 e. The molecule has 27 heavy (non-hydrogen) atoms. The molecule has 0 spiro atoms. The summed E-state index contributed by atoms with van der Waals surface area (Å²) in [6, 6.07) is 17.1. The zero-order valence-electron chi connectivity index (χ0n) is 14.2. The first-order valence-electron chi connectivity index (χ1n) is 8.12. The van der Waals surface area contributed by atoms with Gasteiger partial charge in [-0.15, -0.1) is 5.10 Å². The Balaban J connectivity index is 1.84. The smallest absolute Gasteiger partial charge is 0.287 e. The van der Waals surface area contributed by atoms with E-state index in [1.807, 2.05) is 48.5 Å². The number of carbonyl (C=O) groups excluding carboxylic acids is 3. The lowest BCUT2D eigenvalue weighted by molar-refractivity contribution is -0.137. The Hall–Kier alpha value is -3.39. The zero-order chi connectivity index (χ0) is 19.2. The van der Waals surface area contributed by atoms with E-state index in [1.165, 1.54) is 0 Å². The lowest BCUT2D eigenvalue weighted by atomic mass is 10.0. The highest BCUT2D eigenvalue weighted by Gasteiger charge is 2.28. The summed E-state index contributed by atoms with van der Waals surface area (Å²) in [6.07, 6.45) is 0.154. The van der Waals surface area contributed by atoms with Crippen molar-refractivity contribution >= 4 is 29.1 Å². The third kappa shape index (κ3) is 4.42. The monoisotopic (exact) mass is 380 g/mol. The standard InChI is InChI=1S/C19H16N4O3S/c20-18(25)16(24)14(11-12-7-3-1-4-8-12)21-19(26)17-15(22-23-27-17)13-9-5-2-6-10-13/h1-10,14H,11H2,(H2,20,25)(H,21,26)/t14-/m0/s1. The minimum Gasteiger partial charge on any atom is -0.363 e. The molecule has 0 fully saturated rings. The number of nitrogens with one attached hydrogen (secondary N) is 1. The third-order valence-electron chi connectivity index (χ3n) is 3.89. The number of nitrogens with two attached hydrogens (primary N) is 1. The van der Waals surface area contributed by atoms with Crippen molar-refractivity contribution in [3.8, 4) is 11.3 Å². The van der Waals surface area contributed by atoms with Crippen LogP contribution in [-0.4, -0.2) is 33.2 Å². The first kappa shape index (κ1) is 18.4. The molecule has 0 saturated carbocycles. The van der Waals surface area contributed by atoms with Crippen LogP contribution < -0.4 is 11.1 Å². The van der Waals surface area contributed by atoms with E-state index in [4.69, 9.17) is 5.73 Å². The molecule has 2 aromatic carbocycles. The van der Waals surface area contributed by atoms with Crippen LogP contribution in [0, 0.1) is 0 Å². The molecule has 0 saturated heterocycles. The van der Waals surface area contributed by atoms with Crippen LogP contribution in [0.2, 0.25) is 0 Å². The Labute approximate surface area is 159 Å². The molecule has 0 aliphatic rings. The minimum atomic E-state index is -1.10. The lowest BCUT2D eigenvalue weighted by Crippen LogP contribution is -2.47. The average molecular weight is 380 g/mol. The van der Waals surface area contributed by atoms with Crippen molar-refractivity contribution in [2.24, 2.45) is 5.73 Å². The summed E-state index contributed by atoms with van der Waals surface area (Å²) in [5.74, 6) is -2.48. The van der Waals surface area contributed by atoms with Gasteiger partial charge >= 0.3 is 0 Å². The van der Waals surface area contributed by atoms with Crippen LogP contribution in [0.1, 0.15) is 15.2 Å². The molecule has 1 atom stereocenters. The summed E-state index contributed by atoms with van der Waals surface area (Å²) in [5, 5.41) is 6.61. The first-order chi connectivity index (χ1) is 13.1. The van der Waals surface area contributed by atoms with E-state index in [1.54, 1.807) is 12.1 Å². The number of amides is 2. The fraction of sp³-hybridized carbons (Fsp3) is 0.105. The van der Waals surface area contributed by atoms with Crippen molar-refractivity contribution in [3.63, 3.8) is 0 Å². The third-order valence-corrected chi connectivity index (χ3v) is 4.61. The van der Waals surface area contributed by atoms with E-state index in [9.17, 15) is 14.4 Å². The highest BCUT2D eigenvalue weighted by Crippen LogP contribution is 2.23. The van der Waals surface area contributed by atoms with E-state index < -0.39 is 23.6 Å². The molecular formula is C19H16N4O3S. The van der Waals surface area contributed by atoms with Crippen LogP contribution >= 0.6 is 11.5 Å². The van der Waals surface area contributed by atoms with Crippen molar-refractivity contribution in [2.45, 2.75) is 12.5 Å². The van der Waals surface area contributed by atoms with Crippen LogP contribution in [-0.2, 0) is 16.0 Å². The highest BCUT2D eigenvalue weighted by atomic mass is 32.1. The fourth-order valence-corrected chi connectivity index (χ4v) is 3.17. The van der Waals surface area contributed by atoms with Crippen LogP contribution in [0.3, 0.4) is 0 Å². The number of benzene rings is 2. The average Bonchev–Trinajstić information content (AvgIpc) is 3.18. The Bertz CT molecular complexity index is 957. The summed E-state index contributed by atoms with van der Waals surface area (Å²) >= 11 is 0.920. The van der Waals surface area contributed by atoms with Crippen molar-refractivity contribution in [3.05, 3.63) is 71.1 Å². The first-order valence-corrected chi connectivity index (χ1v) is 8.90. The van der Waals surface area contributed by atoms with Crippen molar-refractivity contribution < 1.29 is 14.4 Å². The molecule has 7 nitrogen and oxygen atoms in total. The second-order valence-electron chi connectivity index (χ2n) is 5.76. The Morgan fingerprint density at radius 1 is 1.00 bits per heavy atom. The number of rotatable bonds is 7. The molecule has 3 N–H and O–H groups in total. The normalized spacial score (nSPS) is 11.6. The Morgan fingerprint density at radius 2 is 1.63 bits per heavy atom. The molecule has 136 valence electrons. The molecule has 3 aromatic rings. The van der Waals surface area contributed by atoms with E-state index in [0.29, 0.717) is 5.69 Å². The Kier molecular flexibility index (Phi) is 5.68. The van der Waals surface area contributed by atoms with Crippen LogP contribution in [0.4, 0.5) is 0 Å². The number of carbonyl (C=O) groups is 3. The molecule has 1 heterocycles. The molecule has 0 bridgehead atoms. The van der Waals surface area contributed by atoms with Gasteiger partial charge in [0.2, 0.25) is 5.78 Å². The number of ketones is 1. The van der Waals surface area contributed by atoms with Gasteiger partial charge < -0.3 is 11.1 Å². The van der Waals surface area contributed by atoms with E-state index in [-0.39, 0.29) is 11.3 Å². The number of hydrogen-bond donors (Lipinski definition) is 2. The molecule has 2 amide bonds. The van der Waals surface area contributed by atoms with Gasteiger partial charge in [0.1, 0.15) is 16.6 Å². The predicted octanol–water partition coefficient (Wildman–Crippen LogP) is 1.60. The maximum atomic E-state index is 12.7. The maximum absolute atomic E-state index is 12.7. The number of aromatic nitrogens is 2. The Morgan fingerprint density at radius 3 is 2.26 bits per heavy atom. The van der Waals surface area contributed by atoms with Crippen LogP contribution in [0.25, 0.3) is 11.3 Å². The molecule has 1 aromatic heterocycles. The van der Waals surface area contributed by atoms with E-state index in [2.05, 4.69) is 14.9 Å². The van der Waals surface area contributed by atoms with E-state index >= 15 is 0 Å². The van der Waals surface area contributed by atoms with Gasteiger partial charge in [-0.2, -0.15) is 0 Å². The number of primary amides is 1. The number of Topliss-reactive ketones (excluding diaryl/α,β-unsaturated/α-hetero) is 1. The topological polar surface area (TPSA) is 115 Å². The molecule has 0 unspecified atom stereocenters. The highest BCUT2D eigenvalue weighted by molar-refractivity contribution is 7.08. The molecule has 0 aliphatic carbocycles. The van der Waals surface area contributed by atoms with Crippen molar-refractivity contribution in [2.75, 3.05) is 0 Å². The molecule has 0 radical (unpaired) electrons. The van der Waals surface area contributed by atoms with E-state index in [0.717, 1.165) is 22.7 Å². The number of hydrogen-bond acceptors (Lipinski definition) is 6. The predicted molar refractivity (Wildman–Crippen MR) is 101 cm³/mol. The summed E-state index contributed by atoms with van der Waals surface area (Å²) in [4.78, 5) is 36.6. The van der Waals surface area contributed by atoms with Crippen LogP contribution in [0.15, 0.2) is 60.7 Å². The zero-order valence-corrected chi connectivity index (χ0v) is 15.0. The number of nitrogens with zero attached hydrogens (tertiary/aromatic N) is 2. The molecule has 0 aliphatic heterocycles. The summed E-state index contributed by atoms with van der Waals surface area (Å²) in [5.41, 5.74) is 7.09. The quantitative estimate of drug-likeness (QED) is 0.604. The fourth-order valence-electron chi connectivity index (χ4n) is 2.58. The summed E-state index contributed by atoms with van der Waals surface area (Å²) in [6.45, 7) is 0. The van der Waals surface area contributed by atoms with Gasteiger partial charge in [-0.25, -0.2) is 0 Å². The van der Waals surface area contributed by atoms with Gasteiger partial charge in [0.05, 0.1) is 0 Å². The van der Waals surface area contributed by atoms with Gasteiger partial charge in [0.25, 0.3) is 11.8 Å². The second-order valence-corrected chi connectivity index (χ2v) is 6.52. The van der Waals surface area contributed by atoms with Crippen LogP contribution in [0.5, 0.6) is 0 Å². The maximum Gasteiger partial charge on any atom is 0.287 e. The molecule has 3 rings (SSSR count). The second kappa shape index (κ2) is 8.33. The van der Waals surface area contributed by atoms with Gasteiger partial charge in [-0.3, -0.25) is 14.4 Å².